The standard InChI is InChI=1S/C13H25NO/c1-2-11-5-3-4-6-13(11)14(9-10-15)12-7-8-12/h11-13,15H,2-10H2,1H3. The van der Waals surface area contributed by atoms with Gasteiger partial charge in [-0.2, -0.15) is 0 Å². The number of hydrogen-bond acceptors (Lipinski definition) is 2. The van der Waals surface area contributed by atoms with Crippen LogP contribution in [0.1, 0.15) is 51.9 Å². The van der Waals surface area contributed by atoms with Crippen molar-refractivity contribution in [2.45, 2.75) is 64.0 Å². The van der Waals surface area contributed by atoms with Gasteiger partial charge in [0.1, 0.15) is 0 Å². The largest absolute Gasteiger partial charge is 0.395 e. The van der Waals surface area contributed by atoms with Crippen molar-refractivity contribution < 1.29 is 5.11 Å². The Morgan fingerprint density at radius 2 is 1.87 bits per heavy atom. The predicted molar refractivity (Wildman–Crippen MR) is 62.9 cm³/mol. The summed E-state index contributed by atoms with van der Waals surface area (Å²) >= 11 is 0. The molecule has 0 spiro atoms. The van der Waals surface area contributed by atoms with E-state index in [2.05, 4.69) is 11.8 Å². The maximum Gasteiger partial charge on any atom is 0.0558 e. The van der Waals surface area contributed by atoms with Gasteiger partial charge in [0.25, 0.3) is 0 Å². The Labute approximate surface area is 93.7 Å². The van der Waals surface area contributed by atoms with Gasteiger partial charge in [-0.15, -0.1) is 0 Å². The summed E-state index contributed by atoms with van der Waals surface area (Å²) in [7, 11) is 0. The van der Waals surface area contributed by atoms with Crippen LogP contribution in [-0.4, -0.2) is 35.2 Å². The van der Waals surface area contributed by atoms with E-state index in [1.54, 1.807) is 0 Å². The fourth-order valence-electron chi connectivity index (χ4n) is 3.24. The molecule has 2 heteroatoms. The van der Waals surface area contributed by atoms with Crippen molar-refractivity contribution in [1.29, 1.82) is 0 Å². The normalized spacial score (nSPS) is 32.2. The average molecular weight is 211 g/mol. The molecule has 2 unspecified atom stereocenters. The van der Waals surface area contributed by atoms with E-state index < -0.39 is 0 Å². The molecule has 0 bridgehead atoms. The number of rotatable bonds is 5. The van der Waals surface area contributed by atoms with Crippen LogP contribution in [0.3, 0.4) is 0 Å². The lowest BCUT2D eigenvalue weighted by atomic mass is 9.82. The third-order valence-electron chi connectivity index (χ3n) is 4.19. The maximum atomic E-state index is 9.16. The molecule has 0 radical (unpaired) electrons. The lowest BCUT2D eigenvalue weighted by Crippen LogP contribution is -2.45. The SMILES string of the molecule is CCC1CCCCC1N(CCO)C1CC1. The number of hydrogen-bond donors (Lipinski definition) is 1. The Hall–Kier alpha value is -0.0800. The lowest BCUT2D eigenvalue weighted by Gasteiger charge is -2.40. The smallest absolute Gasteiger partial charge is 0.0558 e. The first kappa shape index (κ1) is 11.4. The highest BCUT2D eigenvalue weighted by Crippen LogP contribution is 2.37. The van der Waals surface area contributed by atoms with Crippen molar-refractivity contribution in [3.8, 4) is 0 Å². The van der Waals surface area contributed by atoms with Gasteiger partial charge in [-0.1, -0.05) is 26.2 Å². The van der Waals surface area contributed by atoms with Crippen LogP contribution in [0.25, 0.3) is 0 Å². The zero-order valence-corrected chi connectivity index (χ0v) is 9.99. The molecular formula is C13H25NO. The molecule has 2 saturated carbocycles. The van der Waals surface area contributed by atoms with Gasteiger partial charge in [-0.25, -0.2) is 0 Å². The third kappa shape index (κ3) is 2.73. The van der Waals surface area contributed by atoms with E-state index in [0.29, 0.717) is 6.61 Å². The van der Waals surface area contributed by atoms with Crippen molar-refractivity contribution >= 4 is 0 Å². The van der Waals surface area contributed by atoms with Gasteiger partial charge in [0.2, 0.25) is 0 Å². The summed E-state index contributed by atoms with van der Waals surface area (Å²) in [6, 6.07) is 1.60. The molecule has 0 aromatic rings. The Morgan fingerprint density at radius 1 is 1.13 bits per heavy atom. The third-order valence-corrected chi connectivity index (χ3v) is 4.19. The molecule has 0 amide bonds. The number of aliphatic hydroxyl groups excluding tert-OH is 1. The highest BCUT2D eigenvalue weighted by atomic mass is 16.3. The summed E-state index contributed by atoms with van der Waals surface area (Å²) in [6.45, 7) is 3.57. The summed E-state index contributed by atoms with van der Waals surface area (Å²) in [4.78, 5) is 2.62. The molecule has 0 aromatic heterocycles. The van der Waals surface area contributed by atoms with Crippen LogP contribution in [0, 0.1) is 5.92 Å². The van der Waals surface area contributed by atoms with Crippen molar-refractivity contribution in [2.75, 3.05) is 13.2 Å². The highest BCUT2D eigenvalue weighted by molar-refractivity contribution is 4.92. The molecule has 1 N–H and O–H groups in total. The maximum absolute atomic E-state index is 9.16. The van der Waals surface area contributed by atoms with Crippen molar-refractivity contribution in [2.24, 2.45) is 5.92 Å². The van der Waals surface area contributed by atoms with Crippen LogP contribution < -0.4 is 0 Å². The van der Waals surface area contributed by atoms with Crippen molar-refractivity contribution in [3.05, 3.63) is 0 Å². The minimum Gasteiger partial charge on any atom is -0.395 e. The quantitative estimate of drug-likeness (QED) is 0.755. The van der Waals surface area contributed by atoms with Gasteiger partial charge >= 0.3 is 0 Å². The number of aliphatic hydroxyl groups is 1. The second kappa shape index (κ2) is 5.31. The van der Waals surface area contributed by atoms with E-state index in [0.717, 1.165) is 24.5 Å². The van der Waals surface area contributed by atoms with E-state index in [1.165, 1.54) is 44.9 Å². The lowest BCUT2D eigenvalue weighted by molar-refractivity contribution is 0.0748. The first-order chi connectivity index (χ1) is 7.36. The van der Waals surface area contributed by atoms with E-state index >= 15 is 0 Å². The first-order valence-corrected chi connectivity index (χ1v) is 6.73. The van der Waals surface area contributed by atoms with Gasteiger partial charge in [0, 0.05) is 18.6 Å². The second-order valence-corrected chi connectivity index (χ2v) is 5.21. The molecule has 15 heavy (non-hydrogen) atoms. The summed E-state index contributed by atoms with van der Waals surface area (Å²) in [5, 5.41) is 9.16. The van der Waals surface area contributed by atoms with Gasteiger partial charge in [-0.3, -0.25) is 4.90 Å². The fourth-order valence-corrected chi connectivity index (χ4v) is 3.24. The monoisotopic (exact) mass is 211 g/mol. The molecule has 2 aliphatic carbocycles. The van der Waals surface area contributed by atoms with Crippen molar-refractivity contribution in [1.82, 2.24) is 4.90 Å². The highest BCUT2D eigenvalue weighted by Gasteiger charge is 2.37. The van der Waals surface area contributed by atoms with Crippen LogP contribution in [0.4, 0.5) is 0 Å². The summed E-state index contributed by atoms with van der Waals surface area (Å²) in [6.07, 6.45) is 9.66. The zero-order chi connectivity index (χ0) is 10.7. The van der Waals surface area contributed by atoms with Crippen LogP contribution in [0.15, 0.2) is 0 Å². The predicted octanol–water partition coefficient (Wildman–Crippen LogP) is 2.41. The molecule has 0 aromatic carbocycles. The van der Waals surface area contributed by atoms with E-state index in [4.69, 9.17) is 5.11 Å². The van der Waals surface area contributed by atoms with Crippen LogP contribution >= 0.6 is 0 Å². The van der Waals surface area contributed by atoms with Gasteiger partial charge in [0.15, 0.2) is 0 Å². The van der Waals surface area contributed by atoms with Crippen molar-refractivity contribution in [3.63, 3.8) is 0 Å². The molecule has 0 aliphatic heterocycles. The summed E-state index contributed by atoms with van der Waals surface area (Å²) in [5.74, 6) is 0.894. The number of nitrogens with zero attached hydrogens (tertiary/aromatic N) is 1. The molecular weight excluding hydrogens is 186 g/mol. The zero-order valence-electron chi connectivity index (χ0n) is 9.99. The molecule has 0 heterocycles. The molecule has 2 aliphatic rings. The topological polar surface area (TPSA) is 23.5 Å². The average Bonchev–Trinajstić information content (AvgIpc) is 3.10. The molecule has 2 rings (SSSR count). The van der Waals surface area contributed by atoms with E-state index in [9.17, 15) is 0 Å². The van der Waals surface area contributed by atoms with Gasteiger partial charge < -0.3 is 5.11 Å². The van der Waals surface area contributed by atoms with E-state index in [-0.39, 0.29) is 0 Å². The van der Waals surface area contributed by atoms with E-state index in [1.807, 2.05) is 0 Å². The van der Waals surface area contributed by atoms with Crippen LogP contribution in [0.2, 0.25) is 0 Å². The molecule has 2 fully saturated rings. The van der Waals surface area contributed by atoms with Crippen LogP contribution in [-0.2, 0) is 0 Å². The minimum absolute atomic E-state index is 0.337. The molecule has 0 saturated heterocycles. The Kier molecular flexibility index (Phi) is 4.04. The van der Waals surface area contributed by atoms with Gasteiger partial charge in [0.05, 0.1) is 6.61 Å². The minimum atomic E-state index is 0.337. The Balaban J connectivity index is 1.96. The Bertz CT molecular complexity index is 191. The summed E-state index contributed by atoms with van der Waals surface area (Å²) < 4.78 is 0. The molecule has 2 atom stereocenters. The Morgan fingerprint density at radius 3 is 2.47 bits per heavy atom. The van der Waals surface area contributed by atoms with Gasteiger partial charge in [-0.05, 0) is 31.6 Å². The fraction of sp³-hybridized carbons (Fsp3) is 1.00. The summed E-state index contributed by atoms with van der Waals surface area (Å²) in [5.41, 5.74) is 0. The van der Waals surface area contributed by atoms with Crippen LogP contribution in [0.5, 0.6) is 0 Å². The first-order valence-electron chi connectivity index (χ1n) is 6.73. The molecule has 2 nitrogen and oxygen atoms in total. The molecule has 88 valence electrons. The second-order valence-electron chi connectivity index (χ2n) is 5.21.